The van der Waals surface area contributed by atoms with E-state index in [1.54, 1.807) is 48.6 Å². The Morgan fingerprint density at radius 3 is 2.26 bits per heavy atom. The molecule has 1 aromatic carbocycles. The summed E-state index contributed by atoms with van der Waals surface area (Å²) < 4.78 is 6.42. The van der Waals surface area contributed by atoms with Crippen molar-refractivity contribution >= 4 is 23.3 Å². The Hall–Kier alpha value is -3.93. The van der Waals surface area contributed by atoms with Crippen LogP contribution in [0.1, 0.15) is 66.4 Å². The molecule has 0 bridgehead atoms. The third-order valence-electron chi connectivity index (χ3n) is 7.31. The van der Waals surface area contributed by atoms with Crippen molar-refractivity contribution in [1.29, 1.82) is 0 Å². The molecule has 39 heavy (non-hydrogen) atoms. The number of carboxylic acids is 1. The first kappa shape index (κ1) is 29.6. The molecular weight excluding hydrogens is 492 g/mol. The van der Waals surface area contributed by atoms with E-state index in [0.717, 1.165) is 11.1 Å². The van der Waals surface area contributed by atoms with E-state index in [4.69, 9.17) is 4.74 Å². The molecule has 1 aliphatic carbocycles. The van der Waals surface area contributed by atoms with Crippen molar-refractivity contribution in [3.8, 4) is 0 Å². The number of ether oxygens (including phenoxy) is 1. The summed E-state index contributed by atoms with van der Waals surface area (Å²) in [7, 11) is 0. The molecule has 0 saturated carbocycles. The molecule has 206 valence electrons. The zero-order valence-corrected chi connectivity index (χ0v) is 23.6. The lowest BCUT2D eigenvalue weighted by molar-refractivity contribution is -0.133. The number of hydrogen-bond donors (Lipinski definition) is 2. The summed E-state index contributed by atoms with van der Waals surface area (Å²) in [6, 6.07) is 8.54. The highest BCUT2D eigenvalue weighted by Gasteiger charge is 2.55. The second-order valence-electron chi connectivity index (χ2n) is 11.3. The molecule has 0 amide bonds. The predicted octanol–water partition coefficient (Wildman–Crippen LogP) is 7.07. The third-order valence-corrected chi connectivity index (χ3v) is 7.31. The average molecular weight is 531 g/mol. The van der Waals surface area contributed by atoms with Gasteiger partial charge in [0.1, 0.15) is 22.7 Å². The summed E-state index contributed by atoms with van der Waals surface area (Å²) in [4.78, 5) is 39.9. The van der Waals surface area contributed by atoms with E-state index >= 15 is 0 Å². The van der Waals surface area contributed by atoms with Gasteiger partial charge in [-0.1, -0.05) is 60.2 Å². The number of rotatable bonds is 9. The van der Waals surface area contributed by atoms with Crippen LogP contribution in [0.2, 0.25) is 0 Å². The van der Waals surface area contributed by atoms with Gasteiger partial charge in [0.2, 0.25) is 5.78 Å². The molecule has 1 heterocycles. The number of ketones is 2. The molecule has 0 unspecified atom stereocenters. The van der Waals surface area contributed by atoms with Crippen LogP contribution in [0.15, 0.2) is 94.8 Å². The molecular formula is C33H38O6. The Morgan fingerprint density at radius 1 is 1.05 bits per heavy atom. The van der Waals surface area contributed by atoms with Crippen LogP contribution in [0, 0.1) is 11.3 Å². The van der Waals surface area contributed by atoms with Gasteiger partial charge >= 0.3 is 5.97 Å². The lowest BCUT2D eigenvalue weighted by Gasteiger charge is -2.44. The molecule has 3 rings (SSSR count). The van der Waals surface area contributed by atoms with E-state index in [1.807, 2.05) is 40.7 Å². The minimum atomic E-state index is -1.32. The lowest BCUT2D eigenvalue weighted by atomic mass is 9.62. The smallest absolute Gasteiger partial charge is 0.330 e. The van der Waals surface area contributed by atoms with Gasteiger partial charge in [0, 0.05) is 11.1 Å². The van der Waals surface area contributed by atoms with Crippen molar-refractivity contribution in [3.63, 3.8) is 0 Å². The number of benzene rings is 1. The van der Waals surface area contributed by atoms with E-state index in [1.165, 1.54) is 6.92 Å². The zero-order chi connectivity index (χ0) is 29.1. The molecule has 6 nitrogen and oxygen atoms in total. The summed E-state index contributed by atoms with van der Waals surface area (Å²) in [6.45, 7) is 15.1. The van der Waals surface area contributed by atoms with Crippen LogP contribution >= 0.6 is 0 Å². The summed E-state index contributed by atoms with van der Waals surface area (Å²) in [6.07, 6.45) is 7.84. The van der Waals surface area contributed by atoms with Crippen LogP contribution < -0.4 is 0 Å². The Balaban J connectivity index is 2.33. The third kappa shape index (κ3) is 6.22. The maximum atomic E-state index is 14.6. The predicted molar refractivity (Wildman–Crippen MR) is 153 cm³/mol. The van der Waals surface area contributed by atoms with Crippen molar-refractivity contribution in [2.75, 3.05) is 0 Å². The summed E-state index contributed by atoms with van der Waals surface area (Å²) >= 11 is 0. The van der Waals surface area contributed by atoms with Gasteiger partial charge in [-0.05, 0) is 78.9 Å². The van der Waals surface area contributed by atoms with Crippen molar-refractivity contribution in [2.24, 2.45) is 11.3 Å². The van der Waals surface area contributed by atoms with Crippen molar-refractivity contribution < 1.29 is 29.3 Å². The van der Waals surface area contributed by atoms with Crippen LogP contribution in [-0.4, -0.2) is 33.3 Å². The van der Waals surface area contributed by atoms with Crippen LogP contribution in [0.3, 0.4) is 0 Å². The molecule has 0 spiro atoms. The van der Waals surface area contributed by atoms with Crippen molar-refractivity contribution in [2.45, 2.75) is 66.4 Å². The maximum absolute atomic E-state index is 14.6. The minimum absolute atomic E-state index is 0.199. The summed E-state index contributed by atoms with van der Waals surface area (Å²) in [5.41, 5.74) is 0.205. The first-order valence-electron chi connectivity index (χ1n) is 13.1. The van der Waals surface area contributed by atoms with Crippen LogP contribution in [0.4, 0.5) is 0 Å². The standard InChI is InChI=1S/C33H38O6/c1-20(2)15-18-33(19-24(21(3)4)14-13-22(5)31(37)38)29(36)26(27(34)23-11-9-8-10-12-23)28(35)25-16-17-32(6,7)39-30(25)33/h8-13,15-17,24,34H,3,14,18-19H2,1-2,4-7H3,(H,37,38)/t24-,33+/m1/s1. The second-order valence-corrected chi connectivity index (χ2v) is 11.3. The van der Waals surface area contributed by atoms with Gasteiger partial charge in [-0.2, -0.15) is 0 Å². The molecule has 2 atom stereocenters. The molecule has 0 saturated heterocycles. The normalized spacial score (nSPS) is 22.6. The molecule has 0 aromatic heterocycles. The SMILES string of the molecule is C=C(C)[C@H](CC=C(C)C(=O)O)C[C@@]1(CC=C(C)C)C(=O)C(=C(O)c2ccccc2)C(=O)C2=C1OC(C)(C)C=C2. The Morgan fingerprint density at radius 2 is 1.69 bits per heavy atom. The summed E-state index contributed by atoms with van der Waals surface area (Å²) in [5.74, 6) is -2.48. The lowest BCUT2D eigenvalue weighted by Crippen LogP contribution is -2.47. The molecule has 0 radical (unpaired) electrons. The van der Waals surface area contributed by atoms with E-state index in [2.05, 4.69) is 6.58 Å². The van der Waals surface area contributed by atoms with E-state index in [-0.39, 0.29) is 47.0 Å². The molecule has 1 aromatic rings. The Labute approximate surface area is 230 Å². The number of hydrogen-bond acceptors (Lipinski definition) is 5. The van der Waals surface area contributed by atoms with Gasteiger partial charge in [-0.3, -0.25) is 9.59 Å². The fourth-order valence-corrected chi connectivity index (χ4v) is 4.90. The number of aliphatic carboxylic acids is 1. The van der Waals surface area contributed by atoms with Gasteiger partial charge < -0.3 is 14.9 Å². The molecule has 2 aliphatic rings. The number of carbonyl (C=O) groups is 3. The highest BCUT2D eigenvalue weighted by Crippen LogP contribution is 2.52. The van der Waals surface area contributed by atoms with Gasteiger partial charge in [-0.25, -0.2) is 4.79 Å². The highest BCUT2D eigenvalue weighted by molar-refractivity contribution is 6.34. The fraction of sp³-hybridized carbons (Fsp3) is 0.364. The molecule has 2 N–H and O–H groups in total. The highest BCUT2D eigenvalue weighted by atomic mass is 16.5. The van der Waals surface area contributed by atoms with Crippen LogP contribution in [0.5, 0.6) is 0 Å². The quantitative estimate of drug-likeness (QED) is 0.153. The van der Waals surface area contributed by atoms with Gasteiger partial charge in [0.25, 0.3) is 0 Å². The first-order valence-corrected chi connectivity index (χ1v) is 13.1. The largest absolute Gasteiger partial charge is 0.506 e. The van der Waals surface area contributed by atoms with Crippen molar-refractivity contribution in [1.82, 2.24) is 0 Å². The first-order chi connectivity index (χ1) is 18.2. The number of aliphatic hydroxyl groups excluding tert-OH is 1. The number of Topliss-reactive ketones (excluding diaryl/α,β-unsaturated/α-hetero) is 2. The van der Waals surface area contributed by atoms with E-state index in [9.17, 15) is 24.6 Å². The topological polar surface area (TPSA) is 101 Å². The monoisotopic (exact) mass is 530 g/mol. The van der Waals surface area contributed by atoms with E-state index < -0.39 is 28.6 Å². The Bertz CT molecular complexity index is 1350. The van der Waals surface area contributed by atoms with Crippen LogP contribution in [-0.2, 0) is 19.1 Å². The van der Waals surface area contributed by atoms with Crippen LogP contribution in [0.25, 0.3) is 5.76 Å². The maximum Gasteiger partial charge on any atom is 0.330 e. The molecule has 6 heteroatoms. The minimum Gasteiger partial charge on any atom is -0.506 e. The van der Waals surface area contributed by atoms with Crippen molar-refractivity contribution in [3.05, 3.63) is 100 Å². The van der Waals surface area contributed by atoms with Gasteiger partial charge in [0.15, 0.2) is 5.78 Å². The summed E-state index contributed by atoms with van der Waals surface area (Å²) in [5, 5.41) is 20.7. The average Bonchev–Trinajstić information content (AvgIpc) is 2.87. The molecule has 0 fully saturated rings. The van der Waals surface area contributed by atoms with E-state index in [0.29, 0.717) is 12.0 Å². The second kappa shape index (κ2) is 11.4. The number of allylic oxidation sites excluding steroid dienone is 8. The number of carboxylic acid groups (broad SMARTS) is 1. The Kier molecular flexibility index (Phi) is 8.69. The number of aliphatic hydroxyl groups is 1. The zero-order valence-electron chi connectivity index (χ0n) is 23.6. The van der Waals surface area contributed by atoms with Gasteiger partial charge in [0.05, 0.1) is 11.0 Å². The fourth-order valence-electron chi connectivity index (χ4n) is 4.90. The molecule has 1 aliphatic heterocycles. The number of carbonyl (C=O) groups excluding carboxylic acids is 2. The van der Waals surface area contributed by atoms with Gasteiger partial charge in [-0.15, -0.1) is 0 Å².